The van der Waals surface area contributed by atoms with E-state index in [9.17, 15) is 50.4 Å². The van der Waals surface area contributed by atoms with Crippen molar-refractivity contribution in [2.75, 3.05) is 6.61 Å². The summed E-state index contributed by atoms with van der Waals surface area (Å²) in [5.41, 5.74) is -3.99. The van der Waals surface area contributed by atoms with Crippen molar-refractivity contribution in [2.45, 2.75) is 140 Å². The first-order valence-electron chi connectivity index (χ1n) is 16.6. The van der Waals surface area contributed by atoms with Crippen molar-refractivity contribution in [3.8, 4) is 11.5 Å². The van der Waals surface area contributed by atoms with Crippen LogP contribution < -0.4 is 4.74 Å². The molecule has 1 heterocycles. The Balaban J connectivity index is 1.53. The number of benzene rings is 1. The molecule has 0 amide bonds. The van der Waals surface area contributed by atoms with Crippen molar-refractivity contribution in [1.29, 1.82) is 0 Å². The highest BCUT2D eigenvalue weighted by atomic mass is 16.7. The van der Waals surface area contributed by atoms with E-state index in [0.717, 1.165) is 5.56 Å². The van der Waals surface area contributed by atoms with Gasteiger partial charge in [0.2, 0.25) is 6.29 Å². The van der Waals surface area contributed by atoms with Crippen LogP contribution in [0.4, 0.5) is 0 Å². The lowest BCUT2D eigenvalue weighted by Gasteiger charge is -2.61. The van der Waals surface area contributed by atoms with E-state index in [1.807, 2.05) is 20.8 Å². The number of Topliss-reactive ketones (excluding diaryl/α,β-unsaturated/α-hetero) is 2. The van der Waals surface area contributed by atoms with E-state index >= 15 is 0 Å². The average molecular weight is 665 g/mol. The lowest BCUT2D eigenvalue weighted by Crippen LogP contribution is -2.63. The van der Waals surface area contributed by atoms with Crippen LogP contribution in [-0.2, 0) is 26.2 Å². The van der Waals surface area contributed by atoms with Crippen molar-refractivity contribution in [2.24, 2.45) is 22.7 Å². The standard InChI is InChI=1S/C35H52O12/c1-16-17-8-9-22-32(4)13-19(37)29(35(7,45)23(38)10-11-31(2,3)44)33(32,5)14-24(39)34(22,6)18(17)12-20(25(16)40)46-30-28(43)27(42)26(41)21(15-36)47-30/h12,19,21-22,26-30,36-37,40-45H,8-11,13-15H2,1-7H3/t19-,21-,22+,26-,27+,28-,29+,30-,32+,33-,34+,35+/m1/s1. The molecule has 0 spiro atoms. The molecule has 3 aliphatic carbocycles. The van der Waals surface area contributed by atoms with Gasteiger partial charge in [-0.25, -0.2) is 0 Å². The van der Waals surface area contributed by atoms with Crippen molar-refractivity contribution >= 4 is 11.6 Å². The Morgan fingerprint density at radius 3 is 2.28 bits per heavy atom. The number of fused-ring (bicyclic) bond motifs is 5. The van der Waals surface area contributed by atoms with E-state index in [0.29, 0.717) is 24.0 Å². The SMILES string of the molecule is Cc1c(O)c(O[C@@H]2O[C@H](CO)[C@@H](O)[C@H](O)[C@H]2O)cc2c1CC[C@@H]1[C@@]2(C)C(=O)C[C@]2(C)[C@@H]([C@@](C)(O)C(=O)CCC(C)(C)O)[C@H](O)C[C@@]12C. The van der Waals surface area contributed by atoms with E-state index in [4.69, 9.17) is 9.47 Å². The Bertz CT molecular complexity index is 1420. The molecule has 8 N–H and O–H groups in total. The van der Waals surface area contributed by atoms with Gasteiger partial charge in [0.1, 0.15) is 35.8 Å². The topological polar surface area (TPSA) is 214 Å². The Morgan fingerprint density at radius 1 is 1.04 bits per heavy atom. The smallest absolute Gasteiger partial charge is 0.229 e. The lowest BCUT2D eigenvalue weighted by molar-refractivity contribution is -0.277. The van der Waals surface area contributed by atoms with E-state index in [1.54, 1.807) is 26.8 Å². The average Bonchev–Trinajstić information content (AvgIpc) is 3.19. The molecule has 47 heavy (non-hydrogen) atoms. The second-order valence-corrected chi connectivity index (χ2v) is 16.1. The number of ether oxygens (including phenoxy) is 2. The number of aliphatic hydroxyl groups excluding tert-OH is 5. The van der Waals surface area contributed by atoms with Gasteiger partial charge in [-0.15, -0.1) is 0 Å². The predicted octanol–water partition coefficient (Wildman–Crippen LogP) is 0.937. The van der Waals surface area contributed by atoms with Gasteiger partial charge in [0.25, 0.3) is 0 Å². The van der Waals surface area contributed by atoms with Crippen LogP contribution in [0.2, 0.25) is 0 Å². The Kier molecular flexibility index (Phi) is 9.01. The highest BCUT2D eigenvalue weighted by molar-refractivity contribution is 5.94. The molecule has 0 bridgehead atoms. The minimum Gasteiger partial charge on any atom is -0.504 e. The molecule has 1 aromatic rings. The minimum absolute atomic E-state index is 0.0323. The molecule has 2 saturated carbocycles. The van der Waals surface area contributed by atoms with Crippen LogP contribution in [-0.4, -0.2) is 107 Å². The largest absolute Gasteiger partial charge is 0.504 e. The molecule has 0 radical (unpaired) electrons. The fourth-order valence-corrected chi connectivity index (χ4v) is 9.82. The fourth-order valence-electron chi connectivity index (χ4n) is 9.82. The number of hydrogen-bond donors (Lipinski definition) is 8. The van der Waals surface area contributed by atoms with Gasteiger partial charge in [-0.3, -0.25) is 9.59 Å². The van der Waals surface area contributed by atoms with Crippen LogP contribution in [0.3, 0.4) is 0 Å². The van der Waals surface area contributed by atoms with Gasteiger partial charge < -0.3 is 50.3 Å². The van der Waals surface area contributed by atoms with Crippen molar-refractivity contribution < 1.29 is 59.9 Å². The maximum atomic E-state index is 14.6. The highest BCUT2D eigenvalue weighted by Gasteiger charge is 2.73. The molecular formula is C35H52O12. The summed E-state index contributed by atoms with van der Waals surface area (Å²) in [6.45, 7) is 11.4. The van der Waals surface area contributed by atoms with Gasteiger partial charge in [0.15, 0.2) is 17.3 Å². The molecule has 5 rings (SSSR count). The first kappa shape index (κ1) is 36.1. The number of phenolic OH excluding ortho intramolecular Hbond substituents is 1. The highest BCUT2D eigenvalue weighted by Crippen LogP contribution is 2.72. The van der Waals surface area contributed by atoms with E-state index < -0.39 is 82.6 Å². The van der Waals surface area contributed by atoms with Gasteiger partial charge in [0, 0.05) is 18.8 Å². The number of aliphatic hydroxyl groups is 7. The van der Waals surface area contributed by atoms with Crippen LogP contribution in [0.15, 0.2) is 6.07 Å². The van der Waals surface area contributed by atoms with Crippen LogP contribution >= 0.6 is 0 Å². The van der Waals surface area contributed by atoms with Crippen LogP contribution in [0.5, 0.6) is 11.5 Å². The van der Waals surface area contributed by atoms with E-state index in [1.165, 1.54) is 6.92 Å². The van der Waals surface area contributed by atoms with Crippen LogP contribution in [0.1, 0.15) is 90.3 Å². The molecule has 1 aliphatic heterocycles. The van der Waals surface area contributed by atoms with Gasteiger partial charge in [-0.05, 0) is 99.8 Å². The first-order chi connectivity index (χ1) is 21.6. The number of carbonyl (C=O) groups excluding carboxylic acids is 2. The zero-order valence-electron chi connectivity index (χ0n) is 28.4. The first-order valence-corrected chi connectivity index (χ1v) is 16.6. The van der Waals surface area contributed by atoms with Gasteiger partial charge >= 0.3 is 0 Å². The predicted molar refractivity (Wildman–Crippen MR) is 168 cm³/mol. The molecule has 12 heteroatoms. The van der Waals surface area contributed by atoms with Crippen molar-refractivity contribution in [3.63, 3.8) is 0 Å². The van der Waals surface area contributed by atoms with Crippen LogP contribution in [0, 0.1) is 29.6 Å². The third kappa shape index (κ3) is 5.34. The summed E-state index contributed by atoms with van der Waals surface area (Å²) >= 11 is 0. The second-order valence-electron chi connectivity index (χ2n) is 16.1. The maximum Gasteiger partial charge on any atom is 0.229 e. The molecule has 4 aliphatic rings. The van der Waals surface area contributed by atoms with Gasteiger partial charge in [-0.2, -0.15) is 0 Å². The zero-order chi connectivity index (χ0) is 35.2. The van der Waals surface area contributed by atoms with Crippen molar-refractivity contribution in [3.05, 3.63) is 22.8 Å². The minimum atomic E-state index is -1.95. The quantitative estimate of drug-likeness (QED) is 0.195. The molecular weight excluding hydrogens is 612 g/mol. The number of aromatic hydroxyl groups is 1. The summed E-state index contributed by atoms with van der Waals surface area (Å²) in [4.78, 5) is 28.0. The molecule has 12 nitrogen and oxygen atoms in total. The summed E-state index contributed by atoms with van der Waals surface area (Å²) in [5, 5.41) is 85.5. The molecule has 1 saturated heterocycles. The molecule has 264 valence electrons. The van der Waals surface area contributed by atoms with E-state index in [-0.39, 0.29) is 48.9 Å². The second kappa shape index (κ2) is 11.7. The summed E-state index contributed by atoms with van der Waals surface area (Å²) in [6.07, 6.45) is -7.54. The molecule has 0 aromatic heterocycles. The molecule has 0 unspecified atom stereocenters. The third-order valence-electron chi connectivity index (χ3n) is 12.7. The summed E-state index contributed by atoms with van der Waals surface area (Å²) in [5.74, 6) is -2.26. The summed E-state index contributed by atoms with van der Waals surface area (Å²) in [6, 6.07) is 1.55. The number of hydrogen-bond acceptors (Lipinski definition) is 12. The lowest BCUT2D eigenvalue weighted by atomic mass is 9.41. The van der Waals surface area contributed by atoms with E-state index in [2.05, 4.69) is 0 Å². The number of rotatable bonds is 8. The Morgan fingerprint density at radius 2 is 1.68 bits per heavy atom. The monoisotopic (exact) mass is 664 g/mol. The van der Waals surface area contributed by atoms with Crippen molar-refractivity contribution in [1.82, 2.24) is 0 Å². The zero-order valence-corrected chi connectivity index (χ0v) is 28.4. The molecule has 1 aromatic carbocycles. The number of phenols is 1. The number of carbonyl (C=O) groups is 2. The summed E-state index contributed by atoms with van der Waals surface area (Å²) < 4.78 is 11.4. The molecule has 12 atom stereocenters. The molecule has 3 fully saturated rings. The Labute approximate surface area is 275 Å². The van der Waals surface area contributed by atoms with Gasteiger partial charge in [-0.1, -0.05) is 13.8 Å². The number of ketones is 2. The normalized spacial score (nSPS) is 41.4. The fraction of sp³-hybridized carbons (Fsp3) is 0.771. The summed E-state index contributed by atoms with van der Waals surface area (Å²) in [7, 11) is 0. The van der Waals surface area contributed by atoms with Crippen LogP contribution in [0.25, 0.3) is 0 Å². The third-order valence-corrected chi connectivity index (χ3v) is 12.7. The Hall–Kier alpha value is -2.16. The van der Waals surface area contributed by atoms with Gasteiger partial charge in [0.05, 0.1) is 23.7 Å². The maximum absolute atomic E-state index is 14.6.